The molecule has 0 spiro atoms. The Kier molecular flexibility index (Phi) is 3.98. The Morgan fingerprint density at radius 2 is 1.86 bits per heavy atom. The maximum Gasteiger partial charge on any atom is 0.417 e. The fourth-order valence-electron chi connectivity index (χ4n) is 1.94. The van der Waals surface area contributed by atoms with Gasteiger partial charge >= 0.3 is 12.1 Å². The smallest absolute Gasteiger partial charge is 0.417 e. The molecular weight excluding hydrogens is 311 g/mol. The summed E-state index contributed by atoms with van der Waals surface area (Å²) in [5.74, 6) is -1.78. The van der Waals surface area contributed by atoms with Crippen LogP contribution in [0.5, 0.6) is 0 Å². The van der Waals surface area contributed by atoms with Crippen molar-refractivity contribution in [2.45, 2.75) is 30.0 Å². The highest BCUT2D eigenvalue weighted by Gasteiger charge is 2.42. The largest absolute Gasteiger partial charge is 0.480 e. The van der Waals surface area contributed by atoms with Crippen LogP contribution < -0.4 is 4.72 Å². The molecule has 1 atom stereocenters. The minimum absolute atomic E-state index is 0.379. The minimum atomic E-state index is -4.84. The molecule has 1 aromatic carbocycles. The second-order valence-electron chi connectivity index (χ2n) is 4.77. The molecule has 1 aromatic rings. The maximum atomic E-state index is 12.8. The number of rotatable bonds is 5. The molecule has 1 saturated carbocycles. The van der Waals surface area contributed by atoms with Gasteiger partial charge in [0.05, 0.1) is 10.5 Å². The number of nitrogens with one attached hydrogen (secondary N) is 1. The molecule has 9 heteroatoms. The third-order valence-electron chi connectivity index (χ3n) is 3.12. The summed E-state index contributed by atoms with van der Waals surface area (Å²) in [4.78, 5) is 10.1. The number of alkyl halides is 3. The molecule has 116 valence electrons. The van der Waals surface area contributed by atoms with Crippen LogP contribution in [0.25, 0.3) is 0 Å². The van der Waals surface area contributed by atoms with Crippen LogP contribution in [0.2, 0.25) is 0 Å². The van der Waals surface area contributed by atoms with Crippen molar-refractivity contribution in [1.29, 1.82) is 0 Å². The van der Waals surface area contributed by atoms with Gasteiger partial charge in [0.15, 0.2) is 0 Å². The molecular formula is C12H12F3NO4S. The van der Waals surface area contributed by atoms with Gasteiger partial charge in [-0.2, -0.15) is 17.9 Å². The van der Waals surface area contributed by atoms with Gasteiger partial charge in [-0.25, -0.2) is 8.42 Å². The van der Waals surface area contributed by atoms with E-state index in [4.69, 9.17) is 5.11 Å². The van der Waals surface area contributed by atoms with Crippen molar-refractivity contribution in [2.24, 2.45) is 5.92 Å². The second-order valence-corrected chi connectivity index (χ2v) is 6.45. The highest BCUT2D eigenvalue weighted by atomic mass is 32.2. The van der Waals surface area contributed by atoms with Gasteiger partial charge < -0.3 is 5.11 Å². The summed E-state index contributed by atoms with van der Waals surface area (Å²) < 4.78 is 64.5. The number of carboxylic acid groups (broad SMARTS) is 1. The number of carbonyl (C=O) groups is 1. The van der Waals surface area contributed by atoms with Gasteiger partial charge in [0.25, 0.3) is 0 Å². The maximum absolute atomic E-state index is 12.8. The van der Waals surface area contributed by atoms with E-state index in [1.807, 2.05) is 4.72 Å². The zero-order chi connectivity index (χ0) is 15.8. The Bertz CT molecular complexity index is 653. The van der Waals surface area contributed by atoms with E-state index in [0.717, 1.165) is 18.2 Å². The first-order valence-electron chi connectivity index (χ1n) is 6.04. The minimum Gasteiger partial charge on any atom is -0.480 e. The van der Waals surface area contributed by atoms with Gasteiger partial charge in [0, 0.05) is 0 Å². The molecule has 0 amide bonds. The van der Waals surface area contributed by atoms with E-state index in [9.17, 15) is 26.4 Å². The van der Waals surface area contributed by atoms with Gasteiger partial charge in [-0.15, -0.1) is 0 Å². The summed E-state index contributed by atoms with van der Waals surface area (Å²) in [6, 6.07) is 2.25. The van der Waals surface area contributed by atoms with Crippen molar-refractivity contribution >= 4 is 16.0 Å². The Labute approximate surface area is 118 Å². The van der Waals surface area contributed by atoms with E-state index in [1.54, 1.807) is 0 Å². The summed E-state index contributed by atoms with van der Waals surface area (Å²) in [6.07, 6.45) is -3.79. The SMILES string of the molecule is O=C(O)C(NS(=O)(=O)c1ccccc1C(F)(F)F)C1CC1. The van der Waals surface area contributed by atoms with Crippen LogP contribution in [0.4, 0.5) is 13.2 Å². The predicted octanol–water partition coefficient (Wildman–Crippen LogP) is 1.85. The van der Waals surface area contributed by atoms with E-state index < -0.39 is 38.7 Å². The van der Waals surface area contributed by atoms with Gasteiger partial charge in [0.2, 0.25) is 10.0 Å². The molecule has 0 saturated heterocycles. The lowest BCUT2D eigenvalue weighted by Gasteiger charge is -2.17. The number of carboxylic acids is 1. The molecule has 0 aromatic heterocycles. The number of hydrogen-bond donors (Lipinski definition) is 2. The van der Waals surface area contributed by atoms with E-state index in [0.29, 0.717) is 18.9 Å². The lowest BCUT2D eigenvalue weighted by atomic mass is 10.2. The molecule has 1 aliphatic carbocycles. The van der Waals surface area contributed by atoms with Crippen molar-refractivity contribution in [2.75, 3.05) is 0 Å². The van der Waals surface area contributed by atoms with Crippen LogP contribution in [0, 0.1) is 5.92 Å². The summed E-state index contributed by atoms with van der Waals surface area (Å²) in [5.41, 5.74) is -1.32. The normalized spacial score (nSPS) is 17.5. The molecule has 1 fully saturated rings. The fraction of sp³-hybridized carbons (Fsp3) is 0.417. The van der Waals surface area contributed by atoms with Crippen molar-refractivity contribution in [3.63, 3.8) is 0 Å². The van der Waals surface area contributed by atoms with Crippen molar-refractivity contribution in [3.05, 3.63) is 29.8 Å². The number of benzene rings is 1. The van der Waals surface area contributed by atoms with Crippen LogP contribution in [0.15, 0.2) is 29.2 Å². The van der Waals surface area contributed by atoms with E-state index in [-0.39, 0.29) is 5.92 Å². The van der Waals surface area contributed by atoms with Gasteiger partial charge in [0.1, 0.15) is 6.04 Å². The first-order valence-corrected chi connectivity index (χ1v) is 7.52. The van der Waals surface area contributed by atoms with Gasteiger partial charge in [-0.05, 0) is 30.9 Å². The molecule has 1 aliphatic rings. The summed E-state index contributed by atoms with van der Waals surface area (Å²) in [5, 5.41) is 8.97. The van der Waals surface area contributed by atoms with Crippen molar-refractivity contribution in [1.82, 2.24) is 4.72 Å². The average molecular weight is 323 g/mol. The van der Waals surface area contributed by atoms with Crippen LogP contribution in [-0.2, 0) is 21.0 Å². The molecule has 0 radical (unpaired) electrons. The standard InChI is InChI=1S/C12H12F3NO4S/c13-12(14,15)8-3-1-2-4-9(8)21(19,20)16-10(11(17)18)7-5-6-7/h1-4,7,10,16H,5-6H2,(H,17,18). The highest BCUT2D eigenvalue weighted by Crippen LogP contribution is 2.36. The Morgan fingerprint density at radius 1 is 1.29 bits per heavy atom. The van der Waals surface area contributed by atoms with Crippen molar-refractivity contribution < 1.29 is 31.5 Å². The van der Waals surface area contributed by atoms with E-state index in [2.05, 4.69) is 0 Å². The quantitative estimate of drug-likeness (QED) is 0.866. The zero-order valence-electron chi connectivity index (χ0n) is 10.6. The monoisotopic (exact) mass is 323 g/mol. The predicted molar refractivity (Wildman–Crippen MR) is 65.9 cm³/mol. The molecule has 0 heterocycles. The Morgan fingerprint density at radius 3 is 2.33 bits per heavy atom. The molecule has 2 N–H and O–H groups in total. The van der Waals surface area contributed by atoms with Crippen LogP contribution in [-0.4, -0.2) is 25.5 Å². The van der Waals surface area contributed by atoms with Gasteiger partial charge in [-0.3, -0.25) is 4.79 Å². The number of halogens is 3. The average Bonchev–Trinajstić information content (AvgIpc) is 3.19. The highest BCUT2D eigenvalue weighted by molar-refractivity contribution is 7.89. The number of sulfonamides is 1. The molecule has 2 rings (SSSR count). The third kappa shape index (κ3) is 3.53. The summed E-state index contributed by atoms with van der Waals surface area (Å²) >= 11 is 0. The van der Waals surface area contributed by atoms with Crippen LogP contribution >= 0.6 is 0 Å². The van der Waals surface area contributed by atoms with E-state index >= 15 is 0 Å². The summed E-state index contributed by atoms with van der Waals surface area (Å²) in [7, 11) is -4.57. The number of hydrogen-bond acceptors (Lipinski definition) is 3. The van der Waals surface area contributed by atoms with Crippen molar-refractivity contribution in [3.8, 4) is 0 Å². The second kappa shape index (κ2) is 5.30. The van der Waals surface area contributed by atoms with E-state index in [1.165, 1.54) is 0 Å². The Hall–Kier alpha value is -1.61. The third-order valence-corrected chi connectivity index (χ3v) is 4.62. The zero-order valence-corrected chi connectivity index (χ0v) is 11.4. The Balaban J connectivity index is 2.38. The van der Waals surface area contributed by atoms with Crippen LogP contribution in [0.1, 0.15) is 18.4 Å². The molecule has 5 nitrogen and oxygen atoms in total. The molecule has 21 heavy (non-hydrogen) atoms. The molecule has 0 bridgehead atoms. The first kappa shape index (κ1) is 15.8. The lowest BCUT2D eigenvalue weighted by Crippen LogP contribution is -2.42. The molecule has 0 aliphatic heterocycles. The fourth-order valence-corrected chi connectivity index (χ4v) is 3.43. The van der Waals surface area contributed by atoms with Gasteiger partial charge in [-0.1, -0.05) is 12.1 Å². The lowest BCUT2D eigenvalue weighted by molar-refractivity contribution is -0.140. The molecule has 1 unspecified atom stereocenters. The number of aliphatic carboxylic acids is 1. The summed E-state index contributed by atoms with van der Waals surface area (Å²) in [6.45, 7) is 0. The van der Waals surface area contributed by atoms with Crippen LogP contribution in [0.3, 0.4) is 0 Å². The first-order chi connectivity index (χ1) is 9.63. The topological polar surface area (TPSA) is 83.5 Å².